The van der Waals surface area contributed by atoms with Crippen LogP contribution in [0.1, 0.15) is 0 Å². The lowest BCUT2D eigenvalue weighted by Crippen LogP contribution is -1.96. The van der Waals surface area contributed by atoms with E-state index in [2.05, 4.69) is 109 Å². The van der Waals surface area contributed by atoms with E-state index in [-0.39, 0.29) is 0 Å². The molecule has 5 nitrogen and oxygen atoms in total. The third-order valence-corrected chi connectivity index (χ3v) is 10.1. The molecule has 0 bridgehead atoms. The minimum atomic E-state index is 0.651. The van der Waals surface area contributed by atoms with Crippen LogP contribution in [0.2, 0.25) is 0 Å². The van der Waals surface area contributed by atoms with Crippen molar-refractivity contribution in [3.05, 3.63) is 164 Å². The summed E-state index contributed by atoms with van der Waals surface area (Å²) in [6.07, 6.45) is 0. The number of hydrogen-bond acceptors (Lipinski definition) is 5. The summed E-state index contributed by atoms with van der Waals surface area (Å²) in [5.41, 5.74) is 10.6. The Bertz CT molecular complexity index is 3190. The highest BCUT2D eigenvalue weighted by molar-refractivity contribution is 6.19. The van der Waals surface area contributed by atoms with Crippen molar-refractivity contribution < 1.29 is 8.83 Å². The van der Waals surface area contributed by atoms with Gasteiger partial charge in [0.05, 0.1) is 28.0 Å². The van der Waals surface area contributed by atoms with Gasteiger partial charge in [-0.1, -0.05) is 121 Å². The highest BCUT2D eigenvalue weighted by Gasteiger charge is 2.19. The van der Waals surface area contributed by atoms with Crippen LogP contribution >= 0.6 is 0 Å². The van der Waals surface area contributed by atoms with Crippen LogP contribution in [-0.4, -0.2) is 15.0 Å². The van der Waals surface area contributed by atoms with Gasteiger partial charge in [-0.25, -0.2) is 15.0 Å². The Labute approximate surface area is 297 Å². The normalized spacial score (nSPS) is 11.8. The molecule has 0 fully saturated rings. The van der Waals surface area contributed by atoms with Gasteiger partial charge in [-0.15, -0.1) is 0 Å². The summed E-state index contributed by atoms with van der Waals surface area (Å²) in [4.78, 5) is 15.6. The molecule has 0 aliphatic heterocycles. The Balaban J connectivity index is 1.10. The first-order chi connectivity index (χ1) is 25.7. The van der Waals surface area contributed by atoms with Crippen molar-refractivity contribution in [2.45, 2.75) is 0 Å². The zero-order valence-corrected chi connectivity index (χ0v) is 27.7. The van der Waals surface area contributed by atoms with Gasteiger partial charge in [0.25, 0.3) is 0 Å². The van der Waals surface area contributed by atoms with Gasteiger partial charge in [0, 0.05) is 43.8 Å². The quantitative estimate of drug-likeness (QED) is 0.187. The molecule has 5 heteroatoms. The number of furan rings is 2. The molecule has 11 aromatic rings. The van der Waals surface area contributed by atoms with Gasteiger partial charge < -0.3 is 8.83 Å². The molecule has 0 N–H and O–H groups in total. The monoisotopic (exact) mass is 665 g/mol. The molecule has 0 atom stereocenters. The topological polar surface area (TPSA) is 65.0 Å². The van der Waals surface area contributed by atoms with Crippen LogP contribution in [0, 0.1) is 0 Å². The second-order valence-corrected chi connectivity index (χ2v) is 13.2. The van der Waals surface area contributed by atoms with Crippen LogP contribution in [0.25, 0.3) is 111 Å². The number of benzene rings is 7. The lowest BCUT2D eigenvalue weighted by molar-refractivity contribution is 0.669. The summed E-state index contributed by atoms with van der Waals surface area (Å²) < 4.78 is 12.9. The first-order valence-corrected chi connectivity index (χ1v) is 17.3. The number of hydrogen-bond donors (Lipinski definition) is 0. The summed E-state index contributed by atoms with van der Waals surface area (Å²) in [7, 11) is 0. The number of fused-ring (bicyclic) bond motifs is 9. The number of para-hydroxylation sites is 4. The summed E-state index contributed by atoms with van der Waals surface area (Å²) in [5, 5.41) is 7.53. The number of pyridine rings is 1. The van der Waals surface area contributed by atoms with Crippen LogP contribution < -0.4 is 0 Å². The standard InChI is InChI=1S/C47H27N3O2/c1-2-11-31-26-32(25-20-28(31)10-1)47-49-39(27-40(50-47)36-16-9-15-34-33-12-4-7-18-41(33)51-45(34)36)29-21-23-30(24-22-29)44-43-37-14-5-8-19-42(37)52-46(43)35-13-3-6-17-38(35)48-44/h1-27H. The van der Waals surface area contributed by atoms with Crippen molar-refractivity contribution in [1.82, 2.24) is 15.0 Å². The smallest absolute Gasteiger partial charge is 0.160 e. The maximum absolute atomic E-state index is 6.47. The fourth-order valence-corrected chi connectivity index (χ4v) is 7.56. The molecule has 0 saturated heterocycles. The molecule has 0 saturated carbocycles. The van der Waals surface area contributed by atoms with E-state index in [1.54, 1.807) is 0 Å². The van der Waals surface area contributed by atoms with Crippen molar-refractivity contribution >= 4 is 65.6 Å². The molecule has 0 radical (unpaired) electrons. The van der Waals surface area contributed by atoms with E-state index in [0.29, 0.717) is 5.82 Å². The molecule has 7 aromatic carbocycles. The maximum atomic E-state index is 6.47. The van der Waals surface area contributed by atoms with Crippen LogP contribution in [0.3, 0.4) is 0 Å². The fourth-order valence-electron chi connectivity index (χ4n) is 7.56. The molecule has 11 rings (SSSR count). The highest BCUT2D eigenvalue weighted by Crippen LogP contribution is 2.41. The van der Waals surface area contributed by atoms with Gasteiger partial charge in [-0.3, -0.25) is 0 Å². The summed E-state index contributed by atoms with van der Waals surface area (Å²) in [5.74, 6) is 0.651. The molecular formula is C47H27N3O2. The molecule has 0 unspecified atom stereocenters. The van der Waals surface area contributed by atoms with Crippen molar-refractivity contribution in [3.63, 3.8) is 0 Å². The van der Waals surface area contributed by atoms with E-state index < -0.39 is 0 Å². The van der Waals surface area contributed by atoms with Crippen LogP contribution in [-0.2, 0) is 0 Å². The van der Waals surface area contributed by atoms with Crippen molar-refractivity contribution in [3.8, 4) is 45.2 Å². The van der Waals surface area contributed by atoms with E-state index in [1.165, 1.54) is 5.39 Å². The Morgan fingerprint density at radius 1 is 0.385 bits per heavy atom. The van der Waals surface area contributed by atoms with Gasteiger partial charge in [-0.2, -0.15) is 0 Å². The Morgan fingerprint density at radius 3 is 1.88 bits per heavy atom. The van der Waals surface area contributed by atoms with Crippen molar-refractivity contribution in [2.75, 3.05) is 0 Å². The van der Waals surface area contributed by atoms with Crippen LogP contribution in [0.5, 0.6) is 0 Å². The molecule has 0 aliphatic carbocycles. The average molecular weight is 666 g/mol. The number of rotatable bonds is 4. The lowest BCUT2D eigenvalue weighted by atomic mass is 10.00. The summed E-state index contributed by atoms with van der Waals surface area (Å²) in [6, 6.07) is 56.1. The molecule has 0 spiro atoms. The van der Waals surface area contributed by atoms with E-state index in [1.807, 2.05) is 54.6 Å². The van der Waals surface area contributed by atoms with Crippen LogP contribution in [0.15, 0.2) is 173 Å². The molecule has 242 valence electrons. The van der Waals surface area contributed by atoms with Gasteiger partial charge in [0.15, 0.2) is 5.82 Å². The van der Waals surface area contributed by atoms with E-state index in [0.717, 1.165) is 99.5 Å². The van der Waals surface area contributed by atoms with Gasteiger partial charge in [0.2, 0.25) is 0 Å². The lowest BCUT2D eigenvalue weighted by Gasteiger charge is -2.11. The summed E-state index contributed by atoms with van der Waals surface area (Å²) >= 11 is 0. The third-order valence-electron chi connectivity index (χ3n) is 10.1. The van der Waals surface area contributed by atoms with E-state index >= 15 is 0 Å². The molecule has 0 aliphatic rings. The van der Waals surface area contributed by atoms with Gasteiger partial charge >= 0.3 is 0 Å². The molecular weight excluding hydrogens is 639 g/mol. The highest BCUT2D eigenvalue weighted by atomic mass is 16.3. The minimum absolute atomic E-state index is 0.651. The second-order valence-electron chi connectivity index (χ2n) is 13.2. The van der Waals surface area contributed by atoms with Crippen LogP contribution in [0.4, 0.5) is 0 Å². The van der Waals surface area contributed by atoms with E-state index in [4.69, 9.17) is 23.8 Å². The Morgan fingerprint density at radius 2 is 1.02 bits per heavy atom. The molecule has 4 heterocycles. The van der Waals surface area contributed by atoms with Crippen molar-refractivity contribution in [1.29, 1.82) is 0 Å². The van der Waals surface area contributed by atoms with Gasteiger partial charge in [-0.05, 0) is 53.2 Å². The minimum Gasteiger partial charge on any atom is -0.455 e. The first-order valence-electron chi connectivity index (χ1n) is 17.3. The average Bonchev–Trinajstić information content (AvgIpc) is 3.80. The molecule has 52 heavy (non-hydrogen) atoms. The first kappa shape index (κ1) is 28.7. The predicted octanol–water partition coefficient (Wildman–Crippen LogP) is 12.6. The largest absolute Gasteiger partial charge is 0.455 e. The molecule has 4 aromatic heterocycles. The van der Waals surface area contributed by atoms with Crippen molar-refractivity contribution in [2.24, 2.45) is 0 Å². The zero-order chi connectivity index (χ0) is 34.2. The predicted molar refractivity (Wildman–Crippen MR) is 211 cm³/mol. The third kappa shape index (κ3) is 4.46. The maximum Gasteiger partial charge on any atom is 0.160 e. The molecule has 0 amide bonds. The van der Waals surface area contributed by atoms with Gasteiger partial charge in [0.1, 0.15) is 22.3 Å². The van der Waals surface area contributed by atoms with E-state index in [9.17, 15) is 0 Å². The Kier molecular flexibility index (Phi) is 6.18. The summed E-state index contributed by atoms with van der Waals surface area (Å²) in [6.45, 7) is 0. The number of nitrogens with zero attached hydrogens (tertiary/aromatic N) is 3. The number of aromatic nitrogens is 3. The SMILES string of the molecule is c1ccc2cc(-c3nc(-c4ccc(-c5nc6ccccc6c6oc7ccccc7c56)cc4)cc(-c4cccc5c4oc4ccccc45)n3)ccc2c1. The Hall–Kier alpha value is -7.11. The fraction of sp³-hybridized carbons (Fsp3) is 0. The second kappa shape index (κ2) is 11.2. The zero-order valence-electron chi connectivity index (χ0n) is 27.7.